The highest BCUT2D eigenvalue weighted by molar-refractivity contribution is 5.52. The van der Waals surface area contributed by atoms with Gasteiger partial charge in [-0.3, -0.25) is 9.78 Å². The van der Waals surface area contributed by atoms with E-state index in [1.54, 1.807) is 18.5 Å². The SMILES string of the molecule is O=c1ccc(-c2ccccn2)nn1Cc1cnco1. The quantitative estimate of drug-likeness (QED) is 0.705. The zero-order valence-corrected chi connectivity index (χ0v) is 9.93. The number of hydrogen-bond donors (Lipinski definition) is 0. The molecule has 0 amide bonds. The molecule has 0 aromatic carbocycles. The average molecular weight is 254 g/mol. The van der Waals surface area contributed by atoms with E-state index in [-0.39, 0.29) is 12.1 Å². The van der Waals surface area contributed by atoms with Gasteiger partial charge in [0.1, 0.15) is 18.0 Å². The third-order valence-electron chi connectivity index (χ3n) is 2.58. The van der Waals surface area contributed by atoms with E-state index in [4.69, 9.17) is 4.42 Å². The lowest BCUT2D eigenvalue weighted by molar-refractivity contribution is 0.469. The Morgan fingerprint density at radius 2 is 2.11 bits per heavy atom. The van der Waals surface area contributed by atoms with Gasteiger partial charge in [-0.2, -0.15) is 5.10 Å². The van der Waals surface area contributed by atoms with Crippen molar-refractivity contribution in [1.29, 1.82) is 0 Å². The van der Waals surface area contributed by atoms with Crippen LogP contribution in [0.2, 0.25) is 0 Å². The number of hydrogen-bond acceptors (Lipinski definition) is 5. The maximum Gasteiger partial charge on any atom is 0.267 e. The number of oxazole rings is 1. The Labute approximate surface area is 108 Å². The van der Waals surface area contributed by atoms with Crippen molar-refractivity contribution in [3.63, 3.8) is 0 Å². The largest absolute Gasteiger partial charge is 0.447 e. The van der Waals surface area contributed by atoms with Gasteiger partial charge in [-0.05, 0) is 18.2 Å². The van der Waals surface area contributed by atoms with Crippen molar-refractivity contribution in [1.82, 2.24) is 19.7 Å². The van der Waals surface area contributed by atoms with Crippen LogP contribution in [-0.4, -0.2) is 19.7 Å². The molecule has 0 aliphatic heterocycles. The maximum atomic E-state index is 11.7. The number of nitrogens with zero attached hydrogens (tertiary/aromatic N) is 4. The molecule has 6 nitrogen and oxygen atoms in total. The van der Waals surface area contributed by atoms with Crippen LogP contribution in [0, 0.1) is 0 Å². The van der Waals surface area contributed by atoms with Crippen LogP contribution in [0.4, 0.5) is 0 Å². The molecule has 0 bridgehead atoms. The lowest BCUT2D eigenvalue weighted by Gasteiger charge is -2.04. The van der Waals surface area contributed by atoms with E-state index in [0.29, 0.717) is 17.1 Å². The highest BCUT2D eigenvalue weighted by atomic mass is 16.3. The molecule has 3 aromatic rings. The van der Waals surface area contributed by atoms with Crippen molar-refractivity contribution < 1.29 is 4.42 Å². The van der Waals surface area contributed by atoms with E-state index in [2.05, 4.69) is 15.1 Å². The van der Waals surface area contributed by atoms with Crippen LogP contribution in [0.15, 0.2) is 58.3 Å². The molecule has 94 valence electrons. The van der Waals surface area contributed by atoms with E-state index in [9.17, 15) is 4.79 Å². The molecule has 0 unspecified atom stereocenters. The summed E-state index contributed by atoms with van der Waals surface area (Å²) in [5.74, 6) is 0.577. The summed E-state index contributed by atoms with van der Waals surface area (Å²) in [5.41, 5.74) is 1.16. The molecule has 0 saturated carbocycles. The van der Waals surface area contributed by atoms with E-state index in [1.165, 1.54) is 17.1 Å². The molecular formula is C13H10N4O2. The lowest BCUT2D eigenvalue weighted by Crippen LogP contribution is -2.22. The highest BCUT2D eigenvalue weighted by Crippen LogP contribution is 2.11. The number of aromatic nitrogens is 4. The van der Waals surface area contributed by atoms with Crippen LogP contribution in [0.25, 0.3) is 11.4 Å². The summed E-state index contributed by atoms with van der Waals surface area (Å²) in [7, 11) is 0. The number of pyridine rings is 1. The van der Waals surface area contributed by atoms with E-state index < -0.39 is 0 Å². The molecule has 3 heterocycles. The van der Waals surface area contributed by atoms with Gasteiger partial charge in [0.2, 0.25) is 0 Å². The molecule has 6 heteroatoms. The van der Waals surface area contributed by atoms with Crippen molar-refractivity contribution >= 4 is 0 Å². The van der Waals surface area contributed by atoms with Gasteiger partial charge in [-0.25, -0.2) is 9.67 Å². The van der Waals surface area contributed by atoms with Gasteiger partial charge >= 0.3 is 0 Å². The van der Waals surface area contributed by atoms with Crippen LogP contribution in [0.5, 0.6) is 0 Å². The second-order valence-corrected chi connectivity index (χ2v) is 3.90. The number of rotatable bonds is 3. The minimum absolute atomic E-state index is 0.198. The van der Waals surface area contributed by atoms with Gasteiger partial charge in [-0.1, -0.05) is 6.07 Å². The fraction of sp³-hybridized carbons (Fsp3) is 0.0769. The van der Waals surface area contributed by atoms with Gasteiger partial charge in [-0.15, -0.1) is 0 Å². The summed E-state index contributed by atoms with van der Waals surface area (Å²) in [6.45, 7) is 0.250. The van der Waals surface area contributed by atoms with Gasteiger partial charge in [0, 0.05) is 12.3 Å². The maximum absolute atomic E-state index is 11.7. The Balaban J connectivity index is 1.99. The summed E-state index contributed by atoms with van der Waals surface area (Å²) < 4.78 is 6.44. The van der Waals surface area contributed by atoms with E-state index in [1.807, 2.05) is 18.2 Å². The van der Waals surface area contributed by atoms with Gasteiger partial charge < -0.3 is 4.42 Å². The van der Waals surface area contributed by atoms with E-state index in [0.717, 1.165) is 0 Å². The first-order chi connectivity index (χ1) is 9.33. The molecule has 0 saturated heterocycles. The molecule has 0 radical (unpaired) electrons. The topological polar surface area (TPSA) is 73.8 Å². The third kappa shape index (κ3) is 2.42. The van der Waals surface area contributed by atoms with Crippen LogP contribution in [0.3, 0.4) is 0 Å². The first-order valence-corrected chi connectivity index (χ1v) is 5.70. The smallest absolute Gasteiger partial charge is 0.267 e. The van der Waals surface area contributed by atoms with Crippen molar-refractivity contribution in [2.45, 2.75) is 6.54 Å². The minimum atomic E-state index is -0.198. The zero-order chi connectivity index (χ0) is 13.1. The Bertz CT molecular complexity index is 720. The van der Waals surface area contributed by atoms with Crippen LogP contribution in [-0.2, 0) is 6.54 Å². The summed E-state index contributed by atoms with van der Waals surface area (Å²) >= 11 is 0. The second kappa shape index (κ2) is 4.85. The molecule has 3 aromatic heterocycles. The fourth-order valence-electron chi connectivity index (χ4n) is 1.68. The first-order valence-electron chi connectivity index (χ1n) is 5.70. The Morgan fingerprint density at radius 3 is 2.84 bits per heavy atom. The van der Waals surface area contributed by atoms with Crippen molar-refractivity contribution in [2.24, 2.45) is 0 Å². The Hall–Kier alpha value is -2.76. The van der Waals surface area contributed by atoms with Gasteiger partial charge in [0.15, 0.2) is 6.39 Å². The molecule has 3 rings (SSSR count). The van der Waals surface area contributed by atoms with Crippen molar-refractivity contribution in [3.05, 3.63) is 65.2 Å². The average Bonchev–Trinajstić information content (AvgIpc) is 2.95. The van der Waals surface area contributed by atoms with Crippen molar-refractivity contribution in [3.8, 4) is 11.4 Å². The first kappa shape index (κ1) is 11.3. The van der Waals surface area contributed by atoms with Gasteiger partial charge in [0.05, 0.1) is 11.9 Å². The predicted octanol–water partition coefficient (Wildman–Crippen LogP) is 1.34. The minimum Gasteiger partial charge on any atom is -0.447 e. The molecular weight excluding hydrogens is 244 g/mol. The monoisotopic (exact) mass is 254 g/mol. The zero-order valence-electron chi connectivity index (χ0n) is 9.93. The lowest BCUT2D eigenvalue weighted by atomic mass is 10.2. The molecule has 0 aliphatic rings. The molecule has 0 fully saturated rings. The Morgan fingerprint density at radius 1 is 1.16 bits per heavy atom. The normalized spacial score (nSPS) is 10.5. The third-order valence-corrected chi connectivity index (χ3v) is 2.58. The fourth-order valence-corrected chi connectivity index (χ4v) is 1.68. The highest BCUT2D eigenvalue weighted by Gasteiger charge is 2.06. The summed E-state index contributed by atoms with van der Waals surface area (Å²) in [5, 5.41) is 4.27. The van der Waals surface area contributed by atoms with Crippen molar-refractivity contribution in [2.75, 3.05) is 0 Å². The second-order valence-electron chi connectivity index (χ2n) is 3.90. The molecule has 0 aliphatic carbocycles. The summed E-state index contributed by atoms with van der Waals surface area (Å²) in [4.78, 5) is 19.8. The molecule has 0 spiro atoms. The van der Waals surface area contributed by atoms with Crippen LogP contribution < -0.4 is 5.56 Å². The predicted molar refractivity (Wildman–Crippen MR) is 67.3 cm³/mol. The van der Waals surface area contributed by atoms with Gasteiger partial charge in [0.25, 0.3) is 5.56 Å². The molecule has 19 heavy (non-hydrogen) atoms. The molecule has 0 atom stereocenters. The summed E-state index contributed by atoms with van der Waals surface area (Å²) in [6.07, 6.45) is 4.56. The van der Waals surface area contributed by atoms with Crippen LogP contribution in [0.1, 0.15) is 5.76 Å². The standard InChI is InChI=1S/C13H10N4O2/c18-13-5-4-12(11-3-1-2-6-15-11)16-17(13)8-10-7-14-9-19-10/h1-7,9H,8H2. The van der Waals surface area contributed by atoms with Crippen LogP contribution >= 0.6 is 0 Å². The summed E-state index contributed by atoms with van der Waals surface area (Å²) in [6, 6.07) is 8.66. The molecule has 0 N–H and O–H groups in total. The van der Waals surface area contributed by atoms with E-state index >= 15 is 0 Å². The Kier molecular flexibility index (Phi) is 2.89.